The maximum absolute atomic E-state index is 12.8. The van der Waals surface area contributed by atoms with Crippen molar-refractivity contribution in [2.24, 2.45) is 5.92 Å². The van der Waals surface area contributed by atoms with Gasteiger partial charge < -0.3 is 20.5 Å². The molecule has 0 saturated heterocycles. The van der Waals surface area contributed by atoms with Crippen molar-refractivity contribution < 1.29 is 15.0 Å². The van der Waals surface area contributed by atoms with E-state index in [4.69, 9.17) is 0 Å². The van der Waals surface area contributed by atoms with Gasteiger partial charge in [0.25, 0.3) is 11.8 Å². The Labute approximate surface area is 162 Å². The molecule has 4 rings (SSSR count). The first-order chi connectivity index (χ1) is 13.5. The predicted molar refractivity (Wildman–Crippen MR) is 104 cm³/mol. The minimum atomic E-state index is -0.644. The number of aromatic amines is 1. The van der Waals surface area contributed by atoms with Gasteiger partial charge >= 0.3 is 0 Å². The van der Waals surface area contributed by atoms with Gasteiger partial charge in [-0.15, -0.1) is 0 Å². The number of nitrogens with zero attached hydrogens (tertiary/aromatic N) is 3. The number of rotatable bonds is 4. The normalized spacial score (nSPS) is 16.2. The van der Waals surface area contributed by atoms with Crippen LogP contribution in [-0.4, -0.2) is 42.1 Å². The van der Waals surface area contributed by atoms with Crippen LogP contribution in [-0.2, 0) is 0 Å². The topological polar surface area (TPSA) is 124 Å². The van der Waals surface area contributed by atoms with Gasteiger partial charge in [-0.2, -0.15) is 4.98 Å². The zero-order valence-corrected chi connectivity index (χ0v) is 15.6. The maximum Gasteiger partial charge on any atom is 0.274 e. The molecule has 0 unspecified atom stereocenters. The minimum absolute atomic E-state index is 0.0426. The summed E-state index contributed by atoms with van der Waals surface area (Å²) in [6, 6.07) is 3.58. The summed E-state index contributed by atoms with van der Waals surface area (Å²) in [5.74, 6) is -1.31. The first kappa shape index (κ1) is 18.2. The molecule has 0 radical (unpaired) electrons. The number of aromatic nitrogens is 4. The molecule has 3 aromatic rings. The lowest BCUT2D eigenvalue weighted by atomic mass is 9.84. The predicted octanol–water partition coefficient (Wildman–Crippen LogP) is 3.13. The molecule has 1 fully saturated rings. The van der Waals surface area contributed by atoms with Crippen LogP contribution in [0.3, 0.4) is 0 Å². The lowest BCUT2D eigenvalue weighted by Crippen LogP contribution is -2.39. The third kappa shape index (κ3) is 3.37. The Morgan fingerprint density at radius 2 is 2.00 bits per heavy atom. The van der Waals surface area contributed by atoms with E-state index in [-0.39, 0.29) is 17.6 Å². The molecular weight excluding hydrogens is 358 g/mol. The number of H-pyrrole nitrogens is 1. The molecule has 1 aliphatic rings. The highest BCUT2D eigenvalue weighted by atomic mass is 16.3. The number of fused-ring (bicyclic) bond motifs is 1. The third-order valence-electron chi connectivity index (χ3n) is 5.49. The number of nitrogens with one attached hydrogen (secondary N) is 2. The van der Waals surface area contributed by atoms with Crippen LogP contribution in [0.5, 0.6) is 11.6 Å². The fraction of sp³-hybridized carbons (Fsp3) is 0.400. The van der Waals surface area contributed by atoms with E-state index < -0.39 is 17.5 Å². The number of carbonyl (C=O) groups is 1. The number of pyridine rings is 1. The van der Waals surface area contributed by atoms with Crippen LogP contribution in [0.25, 0.3) is 22.4 Å². The number of hydrogen-bond donors (Lipinski definition) is 4. The van der Waals surface area contributed by atoms with E-state index in [1.54, 1.807) is 18.5 Å². The summed E-state index contributed by atoms with van der Waals surface area (Å²) in [7, 11) is 0. The molecule has 8 nitrogen and oxygen atoms in total. The van der Waals surface area contributed by atoms with Crippen LogP contribution >= 0.6 is 0 Å². The summed E-state index contributed by atoms with van der Waals surface area (Å²) in [4.78, 5) is 28.3. The van der Waals surface area contributed by atoms with Crippen molar-refractivity contribution >= 4 is 16.8 Å². The van der Waals surface area contributed by atoms with E-state index in [1.807, 2.05) is 13.0 Å². The molecule has 4 N–H and O–H groups in total. The van der Waals surface area contributed by atoms with E-state index in [0.717, 1.165) is 23.7 Å². The Hall–Kier alpha value is -3.16. The fourth-order valence-electron chi connectivity index (χ4n) is 3.90. The summed E-state index contributed by atoms with van der Waals surface area (Å²) in [6.45, 7) is 1.97. The highest BCUT2D eigenvalue weighted by molar-refractivity contribution is 5.97. The highest BCUT2D eigenvalue weighted by Gasteiger charge is 2.26. The highest BCUT2D eigenvalue weighted by Crippen LogP contribution is 2.31. The molecule has 1 aliphatic carbocycles. The van der Waals surface area contributed by atoms with E-state index in [1.165, 1.54) is 19.3 Å². The zero-order chi connectivity index (χ0) is 19.7. The van der Waals surface area contributed by atoms with Crippen LogP contribution in [0, 0.1) is 5.92 Å². The van der Waals surface area contributed by atoms with Crippen LogP contribution in [0.4, 0.5) is 0 Å². The van der Waals surface area contributed by atoms with Crippen LogP contribution in [0.1, 0.15) is 49.5 Å². The van der Waals surface area contributed by atoms with Crippen molar-refractivity contribution in [3.05, 3.63) is 30.2 Å². The van der Waals surface area contributed by atoms with Gasteiger partial charge in [0.1, 0.15) is 5.69 Å². The Balaban J connectivity index is 1.65. The number of amides is 1. The lowest BCUT2D eigenvalue weighted by Gasteiger charge is -2.28. The van der Waals surface area contributed by atoms with Gasteiger partial charge in [0.2, 0.25) is 5.75 Å². The average Bonchev–Trinajstić information content (AvgIpc) is 3.19. The molecule has 1 atom stereocenters. The molecular formula is C20H23N5O3. The second kappa shape index (κ2) is 7.46. The Morgan fingerprint density at radius 1 is 1.21 bits per heavy atom. The van der Waals surface area contributed by atoms with E-state index in [2.05, 4.69) is 25.3 Å². The van der Waals surface area contributed by atoms with Gasteiger partial charge in [-0.1, -0.05) is 19.3 Å². The summed E-state index contributed by atoms with van der Waals surface area (Å²) in [6.07, 6.45) is 9.07. The Morgan fingerprint density at radius 3 is 2.79 bits per heavy atom. The number of aromatic hydroxyl groups is 2. The summed E-state index contributed by atoms with van der Waals surface area (Å²) >= 11 is 0. The second-order valence-electron chi connectivity index (χ2n) is 7.33. The van der Waals surface area contributed by atoms with Crippen molar-refractivity contribution in [2.75, 3.05) is 0 Å². The maximum atomic E-state index is 12.8. The standard InChI is InChI=1S/C20H23N5O3/c1-11(12-5-3-2-4-6-12)23-19(27)16-17(26)20(28)25-18(24-16)15-13-7-9-21-14(13)8-10-22-15/h7-12,21,26H,2-6H2,1H3,(H,23,27)(H,24,25,28)/t11-/m1/s1. The fourth-order valence-corrected chi connectivity index (χ4v) is 3.90. The van der Waals surface area contributed by atoms with Crippen molar-refractivity contribution in [1.82, 2.24) is 25.3 Å². The SMILES string of the molecule is C[C@@H](NC(=O)c1nc(-c2nccc3[nH]ccc23)nc(O)c1O)C1CCCCC1. The molecule has 1 saturated carbocycles. The molecule has 0 spiro atoms. The number of carbonyl (C=O) groups excluding carboxylic acids is 1. The molecule has 3 heterocycles. The second-order valence-corrected chi connectivity index (χ2v) is 7.33. The molecule has 0 bridgehead atoms. The van der Waals surface area contributed by atoms with Gasteiger partial charge in [0, 0.05) is 29.3 Å². The van der Waals surface area contributed by atoms with Gasteiger partial charge in [0.15, 0.2) is 11.5 Å². The number of hydrogen-bond acceptors (Lipinski definition) is 6. The van der Waals surface area contributed by atoms with E-state index in [0.29, 0.717) is 11.6 Å². The monoisotopic (exact) mass is 381 g/mol. The molecule has 1 amide bonds. The third-order valence-corrected chi connectivity index (χ3v) is 5.49. The first-order valence-electron chi connectivity index (χ1n) is 9.58. The van der Waals surface area contributed by atoms with Crippen molar-refractivity contribution in [3.63, 3.8) is 0 Å². The van der Waals surface area contributed by atoms with Gasteiger partial charge in [-0.25, -0.2) is 4.98 Å². The van der Waals surface area contributed by atoms with Crippen LogP contribution < -0.4 is 5.32 Å². The molecule has 0 aliphatic heterocycles. The minimum Gasteiger partial charge on any atom is -0.501 e. The summed E-state index contributed by atoms with van der Waals surface area (Å²) in [5, 5.41) is 23.9. The van der Waals surface area contributed by atoms with Crippen molar-refractivity contribution in [3.8, 4) is 23.1 Å². The van der Waals surface area contributed by atoms with Gasteiger partial charge in [-0.3, -0.25) is 9.78 Å². The molecule has 3 aromatic heterocycles. The van der Waals surface area contributed by atoms with Gasteiger partial charge in [-0.05, 0) is 37.8 Å². The molecule has 146 valence electrons. The Bertz CT molecular complexity index is 1010. The summed E-state index contributed by atoms with van der Waals surface area (Å²) in [5.41, 5.74) is 1.00. The van der Waals surface area contributed by atoms with Crippen molar-refractivity contribution in [2.45, 2.75) is 45.1 Å². The largest absolute Gasteiger partial charge is 0.501 e. The average molecular weight is 381 g/mol. The Kier molecular flexibility index (Phi) is 4.85. The van der Waals surface area contributed by atoms with Crippen LogP contribution in [0.15, 0.2) is 24.5 Å². The molecule has 8 heteroatoms. The van der Waals surface area contributed by atoms with Crippen molar-refractivity contribution in [1.29, 1.82) is 0 Å². The zero-order valence-electron chi connectivity index (χ0n) is 15.6. The van der Waals surface area contributed by atoms with E-state index >= 15 is 0 Å². The van der Waals surface area contributed by atoms with Gasteiger partial charge in [0.05, 0.1) is 0 Å². The lowest BCUT2D eigenvalue weighted by molar-refractivity contribution is 0.0910. The molecule has 0 aromatic carbocycles. The first-order valence-corrected chi connectivity index (χ1v) is 9.58. The summed E-state index contributed by atoms with van der Waals surface area (Å²) < 4.78 is 0. The van der Waals surface area contributed by atoms with E-state index in [9.17, 15) is 15.0 Å². The smallest absolute Gasteiger partial charge is 0.274 e. The quantitative estimate of drug-likeness (QED) is 0.550. The van der Waals surface area contributed by atoms with Crippen LogP contribution in [0.2, 0.25) is 0 Å². The molecule has 28 heavy (non-hydrogen) atoms.